The Hall–Kier alpha value is -1.68. The van der Waals surface area contributed by atoms with Gasteiger partial charge in [-0.1, -0.05) is 36.3 Å². The smallest absolute Gasteiger partial charge is 0.243 e. The van der Waals surface area contributed by atoms with Crippen molar-refractivity contribution in [2.24, 2.45) is 0 Å². The van der Waals surface area contributed by atoms with Crippen LogP contribution in [0.15, 0.2) is 28.8 Å². The molecule has 18 heavy (non-hydrogen) atoms. The topological polar surface area (TPSA) is 51.0 Å². The lowest BCUT2D eigenvalue weighted by Crippen LogP contribution is -2.17. The molecule has 0 spiro atoms. The molecule has 0 bridgehead atoms. The lowest BCUT2D eigenvalue weighted by atomic mass is 10.1. The molecule has 2 rings (SSSR count). The predicted octanol–water partition coefficient (Wildman–Crippen LogP) is 2.64. The fourth-order valence-corrected chi connectivity index (χ4v) is 1.89. The van der Waals surface area contributed by atoms with E-state index in [1.54, 1.807) is 0 Å². The molecule has 2 aromatic rings. The highest BCUT2D eigenvalue weighted by atomic mass is 16.5. The first-order valence-corrected chi connectivity index (χ1v) is 6.31. The van der Waals surface area contributed by atoms with Gasteiger partial charge in [0.1, 0.15) is 0 Å². The van der Waals surface area contributed by atoms with Gasteiger partial charge < -0.3 is 9.84 Å². The number of aryl methyl sites for hydroxylation is 1. The first-order chi connectivity index (χ1) is 8.70. The van der Waals surface area contributed by atoms with Crippen LogP contribution in [0.4, 0.5) is 0 Å². The molecular formula is C14H19N3O. The molecule has 1 atom stereocenters. The maximum Gasteiger partial charge on any atom is 0.243 e. The third-order valence-electron chi connectivity index (χ3n) is 2.97. The summed E-state index contributed by atoms with van der Waals surface area (Å²) in [7, 11) is 0. The Balaban J connectivity index is 2.09. The van der Waals surface area contributed by atoms with Crippen LogP contribution >= 0.6 is 0 Å². The molecule has 4 nitrogen and oxygen atoms in total. The van der Waals surface area contributed by atoms with Gasteiger partial charge in [-0.3, -0.25) is 0 Å². The summed E-state index contributed by atoms with van der Waals surface area (Å²) in [6.45, 7) is 7.06. The molecule has 0 fully saturated rings. The zero-order chi connectivity index (χ0) is 13.0. The lowest BCUT2D eigenvalue weighted by Gasteiger charge is -2.05. The van der Waals surface area contributed by atoms with Crippen LogP contribution in [0.3, 0.4) is 0 Å². The molecule has 0 aliphatic heterocycles. The van der Waals surface area contributed by atoms with Crippen molar-refractivity contribution < 1.29 is 4.52 Å². The van der Waals surface area contributed by atoms with Gasteiger partial charge in [0.2, 0.25) is 5.89 Å². The number of nitrogens with one attached hydrogen (secondary N) is 1. The van der Waals surface area contributed by atoms with Gasteiger partial charge in [-0.2, -0.15) is 4.98 Å². The molecule has 0 saturated heterocycles. The fraction of sp³-hybridized carbons (Fsp3) is 0.429. The summed E-state index contributed by atoms with van der Waals surface area (Å²) in [6, 6.07) is 8.36. The Labute approximate surface area is 107 Å². The monoisotopic (exact) mass is 245 g/mol. The number of hydrogen-bond acceptors (Lipinski definition) is 4. The zero-order valence-electron chi connectivity index (χ0n) is 11.1. The summed E-state index contributed by atoms with van der Waals surface area (Å²) in [4.78, 5) is 4.42. The van der Waals surface area contributed by atoms with E-state index in [2.05, 4.69) is 41.4 Å². The van der Waals surface area contributed by atoms with E-state index in [1.807, 2.05) is 19.1 Å². The van der Waals surface area contributed by atoms with Crippen molar-refractivity contribution in [2.75, 3.05) is 6.54 Å². The van der Waals surface area contributed by atoms with Gasteiger partial charge in [0.05, 0.1) is 6.04 Å². The fourth-order valence-electron chi connectivity index (χ4n) is 1.89. The van der Waals surface area contributed by atoms with E-state index in [0.717, 1.165) is 18.8 Å². The highest BCUT2D eigenvalue weighted by Crippen LogP contribution is 2.14. The van der Waals surface area contributed by atoms with Crippen LogP contribution in [-0.2, 0) is 6.42 Å². The van der Waals surface area contributed by atoms with E-state index in [0.29, 0.717) is 5.89 Å². The Kier molecular flexibility index (Phi) is 4.10. The normalized spacial score (nSPS) is 12.6. The van der Waals surface area contributed by atoms with Crippen LogP contribution in [0.2, 0.25) is 0 Å². The summed E-state index contributed by atoms with van der Waals surface area (Å²) in [6.07, 6.45) is 0.717. The van der Waals surface area contributed by atoms with Gasteiger partial charge in [-0.15, -0.1) is 0 Å². The van der Waals surface area contributed by atoms with E-state index in [-0.39, 0.29) is 6.04 Å². The van der Waals surface area contributed by atoms with Gasteiger partial charge in [-0.05, 0) is 31.5 Å². The van der Waals surface area contributed by atoms with Crippen LogP contribution in [-0.4, -0.2) is 16.7 Å². The third kappa shape index (κ3) is 2.96. The molecule has 1 N–H and O–H groups in total. The van der Waals surface area contributed by atoms with E-state index >= 15 is 0 Å². The first kappa shape index (κ1) is 12.8. The minimum absolute atomic E-state index is 0.105. The number of aromatic nitrogens is 2. The molecule has 0 aliphatic rings. The summed E-state index contributed by atoms with van der Waals surface area (Å²) in [5, 5.41) is 7.28. The van der Waals surface area contributed by atoms with Crippen molar-refractivity contribution in [1.82, 2.24) is 15.5 Å². The standard InChI is InChI=1S/C14H19N3O/c1-4-15-11(3)14-16-13(17-18-14)9-12-8-6-5-7-10(12)2/h5-8,11,15H,4,9H2,1-3H3. The summed E-state index contributed by atoms with van der Waals surface area (Å²) in [5.74, 6) is 1.39. The molecule has 1 aromatic carbocycles. The molecule has 1 heterocycles. The van der Waals surface area contributed by atoms with E-state index in [1.165, 1.54) is 11.1 Å². The molecule has 96 valence electrons. The maximum atomic E-state index is 5.27. The van der Waals surface area contributed by atoms with Crippen molar-refractivity contribution in [3.63, 3.8) is 0 Å². The molecule has 1 aromatic heterocycles. The van der Waals surface area contributed by atoms with Crippen LogP contribution in [0.5, 0.6) is 0 Å². The largest absolute Gasteiger partial charge is 0.338 e. The van der Waals surface area contributed by atoms with E-state index < -0.39 is 0 Å². The molecule has 0 aliphatic carbocycles. The van der Waals surface area contributed by atoms with Crippen LogP contribution in [0, 0.1) is 6.92 Å². The summed E-state index contributed by atoms with van der Waals surface area (Å²) < 4.78 is 5.27. The van der Waals surface area contributed by atoms with Crippen molar-refractivity contribution in [2.45, 2.75) is 33.2 Å². The number of hydrogen-bond donors (Lipinski definition) is 1. The molecule has 0 amide bonds. The van der Waals surface area contributed by atoms with Gasteiger partial charge >= 0.3 is 0 Å². The molecule has 1 unspecified atom stereocenters. The highest BCUT2D eigenvalue weighted by Gasteiger charge is 2.13. The van der Waals surface area contributed by atoms with Gasteiger partial charge in [0.15, 0.2) is 5.82 Å². The number of nitrogens with zero attached hydrogens (tertiary/aromatic N) is 2. The summed E-state index contributed by atoms with van der Waals surface area (Å²) >= 11 is 0. The van der Waals surface area contributed by atoms with Crippen molar-refractivity contribution in [1.29, 1.82) is 0 Å². The van der Waals surface area contributed by atoms with Crippen LogP contribution < -0.4 is 5.32 Å². The second-order valence-electron chi connectivity index (χ2n) is 4.43. The first-order valence-electron chi connectivity index (χ1n) is 6.31. The molecule has 0 saturated carbocycles. The quantitative estimate of drug-likeness (QED) is 0.879. The van der Waals surface area contributed by atoms with Gasteiger partial charge in [0, 0.05) is 6.42 Å². The van der Waals surface area contributed by atoms with Crippen molar-refractivity contribution in [3.05, 3.63) is 47.1 Å². The van der Waals surface area contributed by atoms with E-state index in [4.69, 9.17) is 4.52 Å². The highest BCUT2D eigenvalue weighted by molar-refractivity contribution is 5.27. The predicted molar refractivity (Wildman–Crippen MR) is 70.4 cm³/mol. The number of benzene rings is 1. The molecule has 0 radical (unpaired) electrons. The Bertz CT molecular complexity index is 507. The lowest BCUT2D eigenvalue weighted by molar-refractivity contribution is 0.339. The average Bonchev–Trinajstić information content (AvgIpc) is 2.81. The molecule has 4 heteroatoms. The van der Waals surface area contributed by atoms with Crippen molar-refractivity contribution >= 4 is 0 Å². The minimum Gasteiger partial charge on any atom is -0.338 e. The van der Waals surface area contributed by atoms with Gasteiger partial charge in [-0.25, -0.2) is 0 Å². The maximum absolute atomic E-state index is 5.27. The minimum atomic E-state index is 0.105. The second-order valence-corrected chi connectivity index (χ2v) is 4.43. The number of rotatable bonds is 5. The summed E-state index contributed by atoms with van der Waals surface area (Å²) in [5.41, 5.74) is 2.49. The molecular weight excluding hydrogens is 226 g/mol. The SMILES string of the molecule is CCNC(C)c1nc(Cc2ccccc2C)no1. The second kappa shape index (κ2) is 5.78. The van der Waals surface area contributed by atoms with Crippen LogP contribution in [0.1, 0.15) is 42.7 Å². The van der Waals surface area contributed by atoms with Crippen LogP contribution in [0.25, 0.3) is 0 Å². The van der Waals surface area contributed by atoms with Gasteiger partial charge in [0.25, 0.3) is 0 Å². The van der Waals surface area contributed by atoms with Crippen molar-refractivity contribution in [3.8, 4) is 0 Å². The van der Waals surface area contributed by atoms with E-state index in [9.17, 15) is 0 Å². The third-order valence-corrected chi connectivity index (χ3v) is 2.97. The Morgan fingerprint density at radius 1 is 1.33 bits per heavy atom. The Morgan fingerprint density at radius 2 is 2.11 bits per heavy atom. The zero-order valence-corrected chi connectivity index (χ0v) is 11.1. The Morgan fingerprint density at radius 3 is 2.83 bits per heavy atom. The average molecular weight is 245 g/mol.